The van der Waals surface area contributed by atoms with Crippen molar-refractivity contribution < 1.29 is 9.59 Å². The lowest BCUT2D eigenvalue weighted by molar-refractivity contribution is -0.123. The van der Waals surface area contributed by atoms with Crippen LogP contribution in [0.2, 0.25) is 0 Å². The van der Waals surface area contributed by atoms with Gasteiger partial charge in [-0.25, -0.2) is 0 Å². The molecule has 1 aliphatic rings. The quantitative estimate of drug-likeness (QED) is 0.603. The van der Waals surface area contributed by atoms with Crippen LogP contribution in [-0.4, -0.2) is 32.4 Å². The minimum Gasteiger partial charge on any atom is -0.351 e. The summed E-state index contributed by atoms with van der Waals surface area (Å²) >= 11 is 1.11. The molecule has 32 heavy (non-hydrogen) atoms. The van der Waals surface area contributed by atoms with Crippen molar-refractivity contribution >= 4 is 29.0 Å². The van der Waals surface area contributed by atoms with Gasteiger partial charge >= 0.3 is 0 Å². The van der Waals surface area contributed by atoms with Crippen molar-refractivity contribution in [3.8, 4) is 0 Å². The van der Waals surface area contributed by atoms with Crippen molar-refractivity contribution in [2.75, 3.05) is 4.90 Å². The highest BCUT2D eigenvalue weighted by molar-refractivity contribution is 7.03. The highest BCUT2D eigenvalue weighted by Gasteiger charge is 2.35. The summed E-state index contributed by atoms with van der Waals surface area (Å²) in [6.45, 7) is 3.96. The molecule has 1 aromatic carbocycles. The molecule has 1 saturated carbocycles. The number of carbonyl (C=O) groups excluding carboxylic acids is 2. The van der Waals surface area contributed by atoms with Gasteiger partial charge in [-0.1, -0.05) is 29.8 Å². The molecule has 1 aliphatic carbocycles. The zero-order chi connectivity index (χ0) is 22.5. The molecule has 4 rings (SSSR count). The summed E-state index contributed by atoms with van der Waals surface area (Å²) in [6, 6.07) is 8.73. The Morgan fingerprint density at radius 2 is 1.75 bits per heavy atom. The van der Waals surface area contributed by atoms with Gasteiger partial charge in [0, 0.05) is 29.5 Å². The van der Waals surface area contributed by atoms with Gasteiger partial charge in [0.25, 0.3) is 5.91 Å². The summed E-state index contributed by atoms with van der Waals surface area (Å²) in [5, 5.41) is 8.81. The number of aryl methyl sites for hydroxylation is 2. The van der Waals surface area contributed by atoms with Crippen LogP contribution in [0.1, 0.15) is 65.3 Å². The van der Waals surface area contributed by atoms with E-state index in [1.54, 1.807) is 34.8 Å². The first-order chi connectivity index (χ1) is 15.5. The van der Waals surface area contributed by atoms with E-state index in [0.717, 1.165) is 48.3 Å². The first-order valence-corrected chi connectivity index (χ1v) is 11.8. The van der Waals surface area contributed by atoms with Crippen LogP contribution in [0, 0.1) is 13.8 Å². The van der Waals surface area contributed by atoms with E-state index in [1.165, 1.54) is 6.42 Å². The number of hydrogen-bond donors (Lipinski definition) is 1. The maximum atomic E-state index is 13.7. The Morgan fingerprint density at radius 3 is 2.38 bits per heavy atom. The SMILES string of the molecule is Cc1cc(C)cc(N(C(=O)c2csnn2)[C@H](C(=O)NC2CCCCC2)c2ccncc2)c1. The number of nitrogens with one attached hydrogen (secondary N) is 1. The molecule has 1 atom stereocenters. The molecule has 7 nitrogen and oxygen atoms in total. The Hall–Kier alpha value is -3.13. The third kappa shape index (κ3) is 5.02. The van der Waals surface area contributed by atoms with Crippen LogP contribution < -0.4 is 10.2 Å². The van der Waals surface area contributed by atoms with E-state index in [4.69, 9.17) is 0 Å². The Morgan fingerprint density at radius 1 is 1.06 bits per heavy atom. The van der Waals surface area contributed by atoms with Gasteiger partial charge in [-0.3, -0.25) is 19.5 Å². The molecule has 1 fully saturated rings. The van der Waals surface area contributed by atoms with Crippen molar-refractivity contribution in [1.29, 1.82) is 0 Å². The van der Waals surface area contributed by atoms with E-state index in [2.05, 4.69) is 19.9 Å². The molecule has 0 saturated heterocycles. The van der Waals surface area contributed by atoms with E-state index in [9.17, 15) is 9.59 Å². The summed E-state index contributed by atoms with van der Waals surface area (Å²) < 4.78 is 3.86. The third-order valence-corrected chi connectivity index (χ3v) is 6.27. The summed E-state index contributed by atoms with van der Waals surface area (Å²) in [7, 11) is 0. The number of amides is 2. The lowest BCUT2D eigenvalue weighted by Gasteiger charge is -2.33. The first-order valence-electron chi connectivity index (χ1n) is 10.9. The lowest BCUT2D eigenvalue weighted by Crippen LogP contribution is -2.47. The van der Waals surface area contributed by atoms with Crippen LogP contribution in [0.4, 0.5) is 5.69 Å². The number of benzene rings is 1. The van der Waals surface area contributed by atoms with E-state index in [1.807, 2.05) is 32.0 Å². The lowest BCUT2D eigenvalue weighted by atomic mass is 9.94. The maximum absolute atomic E-state index is 13.7. The molecule has 8 heteroatoms. The average Bonchev–Trinajstić information content (AvgIpc) is 3.32. The molecular formula is C24H27N5O2S. The third-order valence-electron chi connectivity index (χ3n) is 5.76. The number of nitrogens with zero attached hydrogens (tertiary/aromatic N) is 4. The second-order valence-corrected chi connectivity index (χ2v) is 8.95. The van der Waals surface area contributed by atoms with Crippen LogP contribution in [0.25, 0.3) is 0 Å². The summed E-state index contributed by atoms with van der Waals surface area (Å²) in [6.07, 6.45) is 8.62. The molecule has 3 aromatic rings. The molecule has 2 amide bonds. The van der Waals surface area contributed by atoms with Gasteiger partial charge < -0.3 is 5.32 Å². The molecule has 2 aromatic heterocycles. The first kappa shape index (κ1) is 22.1. The summed E-state index contributed by atoms with van der Waals surface area (Å²) in [4.78, 5) is 33.0. The van der Waals surface area contributed by atoms with Crippen LogP contribution in [0.5, 0.6) is 0 Å². The topological polar surface area (TPSA) is 88.1 Å². The van der Waals surface area contributed by atoms with Crippen LogP contribution in [0.3, 0.4) is 0 Å². The predicted molar refractivity (Wildman–Crippen MR) is 125 cm³/mol. The summed E-state index contributed by atoms with van der Waals surface area (Å²) in [5.74, 6) is -0.553. The highest BCUT2D eigenvalue weighted by Crippen LogP contribution is 2.31. The molecule has 1 N–H and O–H groups in total. The minimum absolute atomic E-state index is 0.123. The predicted octanol–water partition coefficient (Wildman–Crippen LogP) is 4.39. The van der Waals surface area contributed by atoms with Gasteiger partial charge in [0.15, 0.2) is 5.69 Å². The van der Waals surface area contributed by atoms with E-state index >= 15 is 0 Å². The second-order valence-electron chi connectivity index (χ2n) is 8.34. The second kappa shape index (κ2) is 9.99. The van der Waals surface area contributed by atoms with Crippen molar-refractivity contribution in [3.63, 3.8) is 0 Å². The highest BCUT2D eigenvalue weighted by atomic mass is 32.1. The van der Waals surface area contributed by atoms with Gasteiger partial charge in [0.2, 0.25) is 5.91 Å². The van der Waals surface area contributed by atoms with Gasteiger partial charge in [-0.2, -0.15) is 0 Å². The zero-order valence-corrected chi connectivity index (χ0v) is 19.1. The van der Waals surface area contributed by atoms with Gasteiger partial charge in [-0.15, -0.1) is 5.10 Å². The van der Waals surface area contributed by atoms with E-state index in [0.29, 0.717) is 11.3 Å². The Balaban J connectivity index is 1.80. The molecule has 0 radical (unpaired) electrons. The number of carbonyl (C=O) groups is 2. The molecule has 0 aliphatic heterocycles. The standard InChI is InChI=1S/C24H27N5O2S/c1-16-12-17(2)14-20(13-16)29(24(31)21-15-32-28-27-21)22(18-8-10-25-11-9-18)23(30)26-19-6-4-3-5-7-19/h8-15,19,22H,3-7H2,1-2H3,(H,26,30)/t22-/m0/s1. The van der Waals surface area contributed by atoms with Crippen LogP contribution >= 0.6 is 11.5 Å². The molecule has 0 spiro atoms. The fraction of sp³-hybridized carbons (Fsp3) is 0.375. The fourth-order valence-electron chi connectivity index (χ4n) is 4.34. The normalized spacial score (nSPS) is 15.2. The number of hydrogen-bond acceptors (Lipinski definition) is 6. The Bertz CT molecular complexity index is 1050. The largest absolute Gasteiger partial charge is 0.351 e. The average molecular weight is 450 g/mol. The zero-order valence-electron chi connectivity index (χ0n) is 18.3. The van der Waals surface area contributed by atoms with Crippen molar-refractivity contribution in [2.45, 2.75) is 58.0 Å². The van der Waals surface area contributed by atoms with Crippen LogP contribution in [-0.2, 0) is 4.79 Å². The van der Waals surface area contributed by atoms with Gasteiger partial charge in [0.05, 0.1) is 0 Å². The number of pyridine rings is 1. The molecule has 0 unspecified atom stereocenters. The molecule has 166 valence electrons. The van der Waals surface area contributed by atoms with Crippen molar-refractivity contribution in [1.82, 2.24) is 19.9 Å². The number of anilines is 1. The van der Waals surface area contributed by atoms with E-state index in [-0.39, 0.29) is 23.6 Å². The fourth-order valence-corrected chi connectivity index (χ4v) is 4.78. The molecule has 2 heterocycles. The Labute approximate surface area is 192 Å². The number of rotatable bonds is 6. The van der Waals surface area contributed by atoms with Crippen LogP contribution in [0.15, 0.2) is 48.1 Å². The van der Waals surface area contributed by atoms with Crippen molar-refractivity contribution in [2.24, 2.45) is 0 Å². The van der Waals surface area contributed by atoms with Gasteiger partial charge in [0.1, 0.15) is 6.04 Å². The van der Waals surface area contributed by atoms with E-state index < -0.39 is 6.04 Å². The smallest absolute Gasteiger partial charge is 0.280 e. The maximum Gasteiger partial charge on any atom is 0.280 e. The summed E-state index contributed by atoms with van der Waals surface area (Å²) in [5.41, 5.74) is 3.59. The molecular weight excluding hydrogens is 422 g/mol. The van der Waals surface area contributed by atoms with Gasteiger partial charge in [-0.05, 0) is 79.2 Å². The van der Waals surface area contributed by atoms with Crippen molar-refractivity contribution in [3.05, 3.63) is 70.5 Å². The molecule has 0 bridgehead atoms. The number of aromatic nitrogens is 3. The minimum atomic E-state index is -0.852. The monoisotopic (exact) mass is 449 g/mol. The Kier molecular flexibility index (Phi) is 6.90.